The first-order valence-corrected chi connectivity index (χ1v) is 9.36. The number of carbonyl (C=O) groups is 1. The molecular formula is C20H27NO4. The van der Waals surface area contributed by atoms with Gasteiger partial charge in [0.15, 0.2) is 0 Å². The molecule has 0 aromatic heterocycles. The molecule has 2 aliphatic heterocycles. The molecule has 25 heavy (non-hydrogen) atoms. The van der Waals surface area contributed by atoms with Crippen LogP contribution in [0.5, 0.6) is 5.75 Å². The number of hydrogen-bond donors (Lipinski definition) is 0. The van der Waals surface area contributed by atoms with E-state index in [-0.39, 0.29) is 17.6 Å². The van der Waals surface area contributed by atoms with Gasteiger partial charge >= 0.3 is 0 Å². The summed E-state index contributed by atoms with van der Waals surface area (Å²) in [6, 6.07) is 7.37. The summed E-state index contributed by atoms with van der Waals surface area (Å²) in [5.41, 5.74) is 0.604. The Balaban J connectivity index is 1.31. The number of carbonyl (C=O) groups excluding carboxylic acids is 1. The Morgan fingerprint density at radius 2 is 2.12 bits per heavy atom. The first kappa shape index (κ1) is 16.9. The molecule has 3 aliphatic rings. The van der Waals surface area contributed by atoms with Crippen molar-refractivity contribution in [2.75, 3.05) is 33.4 Å². The van der Waals surface area contributed by atoms with Gasteiger partial charge in [-0.3, -0.25) is 4.79 Å². The van der Waals surface area contributed by atoms with Crippen LogP contribution in [0.2, 0.25) is 0 Å². The number of likely N-dealkylation sites (tertiary alicyclic amines) is 1. The molecule has 5 nitrogen and oxygen atoms in total. The quantitative estimate of drug-likeness (QED) is 0.823. The Morgan fingerprint density at radius 1 is 1.32 bits per heavy atom. The van der Waals surface area contributed by atoms with E-state index in [9.17, 15) is 4.79 Å². The summed E-state index contributed by atoms with van der Waals surface area (Å²) in [7, 11) is 1.62. The summed E-state index contributed by atoms with van der Waals surface area (Å²) >= 11 is 0. The summed E-state index contributed by atoms with van der Waals surface area (Å²) in [4.78, 5) is 14.7. The molecule has 1 aromatic rings. The molecule has 1 saturated carbocycles. The van der Waals surface area contributed by atoms with Crippen LogP contribution >= 0.6 is 0 Å². The highest BCUT2D eigenvalue weighted by Gasteiger charge is 2.44. The predicted octanol–water partition coefficient (Wildman–Crippen LogP) is 2.89. The fourth-order valence-corrected chi connectivity index (χ4v) is 3.87. The third-order valence-electron chi connectivity index (χ3n) is 5.72. The van der Waals surface area contributed by atoms with E-state index in [1.807, 2.05) is 23.1 Å². The Kier molecular flexibility index (Phi) is 4.69. The van der Waals surface area contributed by atoms with Gasteiger partial charge in [-0.25, -0.2) is 0 Å². The molecule has 0 unspecified atom stereocenters. The molecular weight excluding hydrogens is 318 g/mol. The van der Waals surface area contributed by atoms with Crippen molar-refractivity contribution in [3.05, 3.63) is 29.8 Å². The van der Waals surface area contributed by atoms with E-state index < -0.39 is 0 Å². The van der Waals surface area contributed by atoms with Crippen LogP contribution in [0, 0.1) is 5.92 Å². The predicted molar refractivity (Wildman–Crippen MR) is 93.9 cm³/mol. The second-order valence-corrected chi connectivity index (χ2v) is 7.62. The van der Waals surface area contributed by atoms with E-state index in [2.05, 4.69) is 0 Å². The molecule has 136 valence electrons. The van der Waals surface area contributed by atoms with Gasteiger partial charge in [0.25, 0.3) is 5.91 Å². The normalized spacial score (nSPS) is 25.3. The maximum atomic E-state index is 12.7. The number of benzene rings is 1. The van der Waals surface area contributed by atoms with Gasteiger partial charge in [-0.1, -0.05) is 6.07 Å². The van der Waals surface area contributed by atoms with Crippen LogP contribution in [-0.4, -0.2) is 55.9 Å². The van der Waals surface area contributed by atoms with Crippen molar-refractivity contribution in [3.8, 4) is 5.75 Å². The van der Waals surface area contributed by atoms with Crippen molar-refractivity contribution < 1.29 is 19.0 Å². The molecule has 1 spiro atoms. The molecule has 2 heterocycles. The van der Waals surface area contributed by atoms with Crippen LogP contribution < -0.4 is 4.74 Å². The molecule has 1 aliphatic carbocycles. The summed E-state index contributed by atoms with van der Waals surface area (Å²) in [5, 5.41) is 0. The third kappa shape index (κ3) is 3.82. The van der Waals surface area contributed by atoms with E-state index in [0.717, 1.165) is 44.9 Å². The van der Waals surface area contributed by atoms with Crippen LogP contribution in [0.4, 0.5) is 0 Å². The second-order valence-electron chi connectivity index (χ2n) is 7.62. The standard InChI is InChI=1S/C20H27NO4/c1-23-17-4-2-3-16(11-17)19(22)21-9-7-20(8-10-21)12-18(14-25-20)24-13-15-5-6-15/h2-4,11,15,18H,5-10,12-14H2,1H3/t18-/m0/s1. The lowest BCUT2D eigenvalue weighted by molar-refractivity contribution is -0.0410. The molecule has 0 N–H and O–H groups in total. The van der Waals surface area contributed by atoms with Gasteiger partial charge in [0.2, 0.25) is 0 Å². The smallest absolute Gasteiger partial charge is 0.253 e. The number of hydrogen-bond acceptors (Lipinski definition) is 4. The zero-order valence-corrected chi connectivity index (χ0v) is 14.9. The molecule has 1 atom stereocenters. The van der Waals surface area contributed by atoms with E-state index in [1.54, 1.807) is 13.2 Å². The number of piperidine rings is 1. The largest absolute Gasteiger partial charge is 0.497 e. The van der Waals surface area contributed by atoms with Crippen LogP contribution in [0.25, 0.3) is 0 Å². The van der Waals surface area contributed by atoms with Crippen molar-refractivity contribution in [2.24, 2.45) is 5.92 Å². The van der Waals surface area contributed by atoms with Gasteiger partial charge < -0.3 is 19.1 Å². The Labute approximate surface area is 149 Å². The van der Waals surface area contributed by atoms with Crippen molar-refractivity contribution in [2.45, 2.75) is 43.8 Å². The summed E-state index contributed by atoms with van der Waals surface area (Å²) in [6.45, 7) is 3.08. The van der Waals surface area contributed by atoms with Gasteiger partial charge in [0.1, 0.15) is 5.75 Å². The molecule has 1 amide bonds. The molecule has 3 fully saturated rings. The third-order valence-corrected chi connectivity index (χ3v) is 5.72. The lowest BCUT2D eigenvalue weighted by Gasteiger charge is -2.38. The number of nitrogens with zero attached hydrogens (tertiary/aromatic N) is 1. The summed E-state index contributed by atoms with van der Waals surface area (Å²) in [6.07, 6.45) is 5.64. The molecule has 4 rings (SSSR count). The zero-order chi connectivity index (χ0) is 17.3. The minimum atomic E-state index is -0.0840. The van der Waals surface area contributed by atoms with E-state index in [1.165, 1.54) is 12.8 Å². The first-order chi connectivity index (χ1) is 12.2. The minimum absolute atomic E-state index is 0.0771. The SMILES string of the molecule is COc1cccc(C(=O)N2CCC3(CC2)C[C@H](OCC2CC2)CO3)c1. The van der Waals surface area contributed by atoms with Crippen LogP contribution in [0.3, 0.4) is 0 Å². The molecule has 0 radical (unpaired) electrons. The van der Waals surface area contributed by atoms with Crippen LogP contribution in [0.15, 0.2) is 24.3 Å². The van der Waals surface area contributed by atoms with Gasteiger partial charge in [-0.05, 0) is 49.8 Å². The van der Waals surface area contributed by atoms with Crippen molar-refractivity contribution in [1.82, 2.24) is 4.90 Å². The molecule has 0 bridgehead atoms. The molecule has 5 heteroatoms. The minimum Gasteiger partial charge on any atom is -0.497 e. The average molecular weight is 345 g/mol. The maximum absolute atomic E-state index is 12.7. The van der Waals surface area contributed by atoms with E-state index >= 15 is 0 Å². The van der Waals surface area contributed by atoms with Gasteiger partial charge in [-0.2, -0.15) is 0 Å². The number of rotatable bonds is 5. The van der Waals surface area contributed by atoms with E-state index in [4.69, 9.17) is 14.2 Å². The van der Waals surface area contributed by atoms with Crippen molar-refractivity contribution in [3.63, 3.8) is 0 Å². The van der Waals surface area contributed by atoms with Crippen molar-refractivity contribution >= 4 is 5.91 Å². The maximum Gasteiger partial charge on any atom is 0.253 e. The fourth-order valence-electron chi connectivity index (χ4n) is 3.87. The summed E-state index contributed by atoms with van der Waals surface area (Å²) in [5.74, 6) is 1.58. The van der Waals surface area contributed by atoms with Gasteiger partial charge in [0.05, 0.1) is 25.4 Å². The molecule has 2 saturated heterocycles. The summed E-state index contributed by atoms with van der Waals surface area (Å²) < 4.78 is 17.4. The Bertz CT molecular complexity index is 620. The topological polar surface area (TPSA) is 48.0 Å². The second kappa shape index (κ2) is 6.96. The monoisotopic (exact) mass is 345 g/mol. The Morgan fingerprint density at radius 3 is 2.84 bits per heavy atom. The molecule has 1 aromatic carbocycles. The van der Waals surface area contributed by atoms with Crippen LogP contribution in [-0.2, 0) is 9.47 Å². The van der Waals surface area contributed by atoms with E-state index in [0.29, 0.717) is 17.9 Å². The lowest BCUT2D eigenvalue weighted by atomic mass is 9.87. The lowest BCUT2D eigenvalue weighted by Crippen LogP contribution is -2.46. The highest BCUT2D eigenvalue weighted by Crippen LogP contribution is 2.38. The highest BCUT2D eigenvalue weighted by atomic mass is 16.6. The fraction of sp³-hybridized carbons (Fsp3) is 0.650. The number of amides is 1. The van der Waals surface area contributed by atoms with Gasteiger partial charge in [-0.15, -0.1) is 0 Å². The number of ether oxygens (including phenoxy) is 3. The zero-order valence-electron chi connectivity index (χ0n) is 14.9. The highest BCUT2D eigenvalue weighted by molar-refractivity contribution is 5.94. The van der Waals surface area contributed by atoms with Crippen LogP contribution in [0.1, 0.15) is 42.5 Å². The van der Waals surface area contributed by atoms with Crippen molar-refractivity contribution in [1.29, 1.82) is 0 Å². The van der Waals surface area contributed by atoms with Gasteiger partial charge in [0, 0.05) is 31.7 Å². The average Bonchev–Trinajstić information content (AvgIpc) is 3.41. The first-order valence-electron chi connectivity index (χ1n) is 9.36. The Hall–Kier alpha value is -1.59. The number of methoxy groups -OCH3 is 1.